The van der Waals surface area contributed by atoms with Crippen molar-refractivity contribution in [2.45, 2.75) is 24.3 Å². The first-order valence-corrected chi connectivity index (χ1v) is 9.12. The van der Waals surface area contributed by atoms with Gasteiger partial charge in [-0.15, -0.1) is 10.2 Å². The third kappa shape index (κ3) is 4.16. The van der Waals surface area contributed by atoms with Crippen LogP contribution in [0.3, 0.4) is 0 Å². The zero-order valence-corrected chi connectivity index (χ0v) is 15.8. The molecule has 1 heterocycles. The molecule has 0 fully saturated rings. The van der Waals surface area contributed by atoms with Gasteiger partial charge in [0.1, 0.15) is 11.6 Å². The number of amides is 1. The Hall–Kier alpha value is -2.74. The summed E-state index contributed by atoms with van der Waals surface area (Å²) in [5, 5.41) is 10.9. The Balaban J connectivity index is 1.73. The van der Waals surface area contributed by atoms with Gasteiger partial charge in [-0.1, -0.05) is 36.0 Å². The van der Waals surface area contributed by atoms with Crippen LogP contribution in [0.5, 0.6) is 0 Å². The number of nitrogens with one attached hydrogen (secondary N) is 1. The molecular weight excluding hydrogens is 370 g/mol. The number of nitrogens with zero attached hydrogens (tertiary/aromatic N) is 3. The third-order valence-electron chi connectivity index (χ3n) is 4.06. The standard InChI is InChI=1S/C19H18F2N4OS/c1-11-6-4-5-7-14(11)17-23-24-19(25(17)3)27-12(2)18(26)22-16-9-8-13(20)10-15(16)21/h4-10,12H,1-3H3,(H,22,26)/t12-/m1/s1. The summed E-state index contributed by atoms with van der Waals surface area (Å²) in [6.07, 6.45) is 0. The maximum absolute atomic E-state index is 13.7. The van der Waals surface area contributed by atoms with Gasteiger partial charge in [0.2, 0.25) is 5.91 Å². The maximum atomic E-state index is 13.7. The summed E-state index contributed by atoms with van der Waals surface area (Å²) in [6.45, 7) is 3.67. The molecule has 0 spiro atoms. The minimum absolute atomic E-state index is 0.0626. The van der Waals surface area contributed by atoms with Crippen LogP contribution < -0.4 is 5.32 Å². The molecule has 3 rings (SSSR count). The normalized spacial score (nSPS) is 12.0. The minimum Gasteiger partial charge on any atom is -0.323 e. The molecule has 1 N–H and O–H groups in total. The molecular formula is C19H18F2N4OS. The fourth-order valence-corrected chi connectivity index (χ4v) is 3.33. The van der Waals surface area contributed by atoms with Crippen LogP contribution in [0.25, 0.3) is 11.4 Å². The summed E-state index contributed by atoms with van der Waals surface area (Å²) in [6, 6.07) is 10.8. The second-order valence-corrected chi connectivity index (χ2v) is 7.36. The van der Waals surface area contributed by atoms with E-state index in [0.29, 0.717) is 11.0 Å². The first kappa shape index (κ1) is 19.0. The molecule has 0 aliphatic rings. The Morgan fingerprint density at radius 2 is 1.93 bits per heavy atom. The number of hydrogen-bond donors (Lipinski definition) is 1. The summed E-state index contributed by atoms with van der Waals surface area (Å²) in [4.78, 5) is 12.3. The molecule has 0 aliphatic carbocycles. The summed E-state index contributed by atoms with van der Waals surface area (Å²) in [5.41, 5.74) is 1.97. The largest absolute Gasteiger partial charge is 0.323 e. The fraction of sp³-hybridized carbons (Fsp3) is 0.211. The number of thioether (sulfide) groups is 1. The molecule has 3 aromatic rings. The molecule has 1 aromatic heterocycles. The molecule has 0 aliphatic heterocycles. The summed E-state index contributed by atoms with van der Waals surface area (Å²) >= 11 is 1.21. The minimum atomic E-state index is -0.818. The van der Waals surface area contributed by atoms with E-state index in [1.165, 1.54) is 17.8 Å². The first-order valence-electron chi connectivity index (χ1n) is 8.24. The second-order valence-electron chi connectivity index (χ2n) is 6.05. The van der Waals surface area contributed by atoms with E-state index in [2.05, 4.69) is 15.5 Å². The van der Waals surface area contributed by atoms with Crippen LogP contribution in [0, 0.1) is 18.6 Å². The van der Waals surface area contributed by atoms with Crippen LogP contribution >= 0.6 is 11.8 Å². The Morgan fingerprint density at radius 3 is 2.63 bits per heavy atom. The first-order chi connectivity index (χ1) is 12.9. The molecule has 5 nitrogen and oxygen atoms in total. The molecule has 2 aromatic carbocycles. The highest BCUT2D eigenvalue weighted by Crippen LogP contribution is 2.28. The molecule has 0 unspecified atom stereocenters. The smallest absolute Gasteiger partial charge is 0.237 e. The number of rotatable bonds is 5. The average molecular weight is 388 g/mol. The Bertz CT molecular complexity index is 990. The molecule has 140 valence electrons. The molecule has 1 atom stereocenters. The van der Waals surface area contributed by atoms with E-state index in [1.807, 2.05) is 42.8 Å². The number of benzene rings is 2. The van der Waals surface area contributed by atoms with Gasteiger partial charge in [0, 0.05) is 18.7 Å². The van der Waals surface area contributed by atoms with Crippen LogP contribution in [-0.4, -0.2) is 25.9 Å². The Kier molecular flexibility index (Phi) is 5.55. The van der Waals surface area contributed by atoms with Gasteiger partial charge in [-0.3, -0.25) is 4.79 Å². The van der Waals surface area contributed by atoms with Crippen molar-refractivity contribution >= 4 is 23.4 Å². The van der Waals surface area contributed by atoms with Crippen LogP contribution in [0.15, 0.2) is 47.6 Å². The van der Waals surface area contributed by atoms with E-state index in [0.717, 1.165) is 23.3 Å². The number of aryl methyl sites for hydroxylation is 1. The third-order valence-corrected chi connectivity index (χ3v) is 5.20. The van der Waals surface area contributed by atoms with E-state index in [9.17, 15) is 13.6 Å². The van der Waals surface area contributed by atoms with E-state index >= 15 is 0 Å². The highest BCUT2D eigenvalue weighted by Gasteiger charge is 2.21. The molecule has 27 heavy (non-hydrogen) atoms. The monoisotopic (exact) mass is 388 g/mol. The lowest BCUT2D eigenvalue weighted by atomic mass is 10.1. The highest BCUT2D eigenvalue weighted by molar-refractivity contribution is 8.00. The lowest BCUT2D eigenvalue weighted by Crippen LogP contribution is -2.23. The second kappa shape index (κ2) is 7.87. The van der Waals surface area contributed by atoms with Crippen molar-refractivity contribution in [2.75, 3.05) is 5.32 Å². The van der Waals surface area contributed by atoms with Crippen LogP contribution in [0.2, 0.25) is 0 Å². The van der Waals surface area contributed by atoms with E-state index in [4.69, 9.17) is 0 Å². The van der Waals surface area contributed by atoms with Gasteiger partial charge in [-0.05, 0) is 31.5 Å². The van der Waals surface area contributed by atoms with Crippen LogP contribution in [-0.2, 0) is 11.8 Å². The van der Waals surface area contributed by atoms with Gasteiger partial charge < -0.3 is 9.88 Å². The van der Waals surface area contributed by atoms with Crippen molar-refractivity contribution in [3.05, 3.63) is 59.7 Å². The van der Waals surface area contributed by atoms with Gasteiger partial charge in [0.25, 0.3) is 0 Å². The van der Waals surface area contributed by atoms with Crippen molar-refractivity contribution in [3.63, 3.8) is 0 Å². The van der Waals surface area contributed by atoms with Crippen molar-refractivity contribution < 1.29 is 13.6 Å². The molecule has 0 saturated heterocycles. The van der Waals surface area contributed by atoms with Crippen LogP contribution in [0.1, 0.15) is 12.5 Å². The van der Waals surface area contributed by atoms with Crippen molar-refractivity contribution in [1.29, 1.82) is 0 Å². The van der Waals surface area contributed by atoms with Gasteiger partial charge in [0.05, 0.1) is 10.9 Å². The topological polar surface area (TPSA) is 59.8 Å². The zero-order valence-electron chi connectivity index (χ0n) is 15.0. The predicted octanol–water partition coefficient (Wildman–Crippen LogP) is 4.19. The maximum Gasteiger partial charge on any atom is 0.237 e. The summed E-state index contributed by atoms with van der Waals surface area (Å²) in [5.74, 6) is -1.23. The lowest BCUT2D eigenvalue weighted by Gasteiger charge is -2.12. The van der Waals surface area contributed by atoms with Crippen molar-refractivity contribution in [2.24, 2.45) is 7.05 Å². The van der Waals surface area contributed by atoms with Crippen molar-refractivity contribution in [1.82, 2.24) is 14.8 Å². The SMILES string of the molecule is Cc1ccccc1-c1nnc(S[C@H](C)C(=O)Nc2ccc(F)cc2F)n1C. The molecule has 8 heteroatoms. The van der Waals surface area contributed by atoms with E-state index in [-0.39, 0.29) is 5.69 Å². The van der Waals surface area contributed by atoms with Gasteiger partial charge >= 0.3 is 0 Å². The summed E-state index contributed by atoms with van der Waals surface area (Å²) in [7, 11) is 1.83. The number of carbonyl (C=O) groups is 1. The molecule has 1 amide bonds. The number of hydrogen-bond acceptors (Lipinski definition) is 4. The van der Waals surface area contributed by atoms with E-state index in [1.54, 1.807) is 6.92 Å². The number of anilines is 1. The number of halogens is 2. The molecule has 0 bridgehead atoms. The van der Waals surface area contributed by atoms with E-state index < -0.39 is 22.8 Å². The van der Waals surface area contributed by atoms with Crippen molar-refractivity contribution in [3.8, 4) is 11.4 Å². The number of aromatic nitrogens is 3. The highest BCUT2D eigenvalue weighted by atomic mass is 32.2. The molecule has 0 saturated carbocycles. The average Bonchev–Trinajstić information content (AvgIpc) is 2.98. The van der Waals surface area contributed by atoms with Crippen LogP contribution in [0.4, 0.5) is 14.5 Å². The Labute approximate surface area is 159 Å². The zero-order chi connectivity index (χ0) is 19.6. The fourth-order valence-electron chi connectivity index (χ4n) is 2.51. The van der Waals surface area contributed by atoms with Gasteiger partial charge in [-0.2, -0.15) is 0 Å². The number of carbonyl (C=O) groups excluding carboxylic acids is 1. The van der Waals surface area contributed by atoms with Gasteiger partial charge in [0.15, 0.2) is 11.0 Å². The quantitative estimate of drug-likeness (QED) is 0.666. The lowest BCUT2D eigenvalue weighted by molar-refractivity contribution is -0.115. The summed E-state index contributed by atoms with van der Waals surface area (Å²) < 4.78 is 28.5. The van der Waals surface area contributed by atoms with Gasteiger partial charge in [-0.25, -0.2) is 8.78 Å². The Morgan fingerprint density at radius 1 is 1.19 bits per heavy atom. The molecule has 0 radical (unpaired) electrons. The predicted molar refractivity (Wildman–Crippen MR) is 101 cm³/mol.